The highest BCUT2D eigenvalue weighted by atomic mass is 16.6. The van der Waals surface area contributed by atoms with Gasteiger partial charge in [-0.15, -0.1) is 0 Å². The van der Waals surface area contributed by atoms with Crippen LogP contribution in [-0.2, 0) is 25.5 Å². The molecular formula is C24H38N4O5. The van der Waals surface area contributed by atoms with Crippen LogP contribution in [0.25, 0.3) is 0 Å². The van der Waals surface area contributed by atoms with Crippen molar-refractivity contribution in [3.05, 3.63) is 35.9 Å². The molecule has 0 bridgehead atoms. The van der Waals surface area contributed by atoms with Crippen LogP contribution in [0.2, 0.25) is 0 Å². The largest absolute Gasteiger partial charge is 0.444 e. The second kappa shape index (κ2) is 13.4. The molecule has 2 atom stereocenters. The van der Waals surface area contributed by atoms with Gasteiger partial charge in [0.1, 0.15) is 24.2 Å². The number of likely N-dealkylation sites (N-methyl/N-ethyl adjacent to an activating group) is 1. The zero-order valence-electron chi connectivity index (χ0n) is 20.5. The fraction of sp³-hybridized carbons (Fsp3) is 0.583. The minimum atomic E-state index is -0.926. The second-order valence-corrected chi connectivity index (χ2v) is 9.25. The molecule has 0 fully saturated rings. The molecule has 0 aliphatic heterocycles. The van der Waals surface area contributed by atoms with Gasteiger partial charge >= 0.3 is 6.09 Å². The number of amides is 4. The van der Waals surface area contributed by atoms with Crippen molar-refractivity contribution in [3.63, 3.8) is 0 Å². The summed E-state index contributed by atoms with van der Waals surface area (Å²) in [6.07, 6.45) is -0.0340. The van der Waals surface area contributed by atoms with E-state index in [1.165, 1.54) is 0 Å². The molecule has 0 aliphatic rings. The molecule has 0 aromatic heterocycles. The fourth-order valence-corrected chi connectivity index (χ4v) is 3.04. The summed E-state index contributed by atoms with van der Waals surface area (Å²) in [6, 6.07) is 7.59. The van der Waals surface area contributed by atoms with Crippen molar-refractivity contribution in [1.82, 2.24) is 21.3 Å². The van der Waals surface area contributed by atoms with Crippen LogP contribution in [0, 0.1) is 5.92 Å². The third-order valence-electron chi connectivity index (χ3n) is 4.42. The number of carbonyl (C=O) groups excluding carboxylic acids is 4. The normalized spacial score (nSPS) is 12.9. The van der Waals surface area contributed by atoms with Gasteiger partial charge in [0.15, 0.2) is 0 Å². The van der Waals surface area contributed by atoms with Gasteiger partial charge in [0.25, 0.3) is 0 Å². The zero-order valence-corrected chi connectivity index (χ0v) is 20.5. The lowest BCUT2D eigenvalue weighted by Gasteiger charge is -2.24. The molecule has 184 valence electrons. The van der Waals surface area contributed by atoms with Gasteiger partial charge in [-0.05, 0) is 45.6 Å². The SMILES string of the molecule is CCNC(=O)[C@H](CC(C)C)NC(=O)[C@H](Cc1ccccc1)NC(=O)CNC(=O)OC(C)(C)C. The number of carbonyl (C=O) groups is 4. The van der Waals surface area contributed by atoms with E-state index in [4.69, 9.17) is 4.74 Å². The van der Waals surface area contributed by atoms with E-state index in [1.807, 2.05) is 51.1 Å². The molecule has 1 rings (SSSR count). The van der Waals surface area contributed by atoms with Gasteiger partial charge in [-0.2, -0.15) is 0 Å². The lowest BCUT2D eigenvalue weighted by atomic mass is 10.0. The highest BCUT2D eigenvalue weighted by Gasteiger charge is 2.27. The molecule has 9 heteroatoms. The lowest BCUT2D eigenvalue weighted by Crippen LogP contribution is -2.55. The summed E-state index contributed by atoms with van der Waals surface area (Å²) in [5.41, 5.74) is 0.150. The molecule has 0 radical (unpaired) electrons. The average Bonchev–Trinajstić information content (AvgIpc) is 2.70. The number of hydrogen-bond acceptors (Lipinski definition) is 5. The molecule has 4 amide bonds. The summed E-state index contributed by atoms with van der Waals surface area (Å²) in [7, 11) is 0. The van der Waals surface area contributed by atoms with Gasteiger partial charge in [0, 0.05) is 13.0 Å². The summed E-state index contributed by atoms with van der Waals surface area (Å²) in [4.78, 5) is 49.8. The van der Waals surface area contributed by atoms with Crippen LogP contribution in [0.1, 0.15) is 53.5 Å². The Labute approximate surface area is 196 Å². The summed E-state index contributed by atoms with van der Waals surface area (Å²) < 4.78 is 5.12. The van der Waals surface area contributed by atoms with Crippen LogP contribution in [0.4, 0.5) is 4.79 Å². The highest BCUT2D eigenvalue weighted by Crippen LogP contribution is 2.08. The Balaban J connectivity index is 2.89. The number of nitrogens with one attached hydrogen (secondary N) is 4. The Morgan fingerprint density at radius 3 is 2.09 bits per heavy atom. The molecule has 9 nitrogen and oxygen atoms in total. The number of benzene rings is 1. The van der Waals surface area contributed by atoms with E-state index in [-0.39, 0.29) is 24.8 Å². The molecule has 0 saturated heterocycles. The average molecular weight is 463 g/mol. The molecule has 1 aromatic carbocycles. The van der Waals surface area contributed by atoms with Crippen molar-refractivity contribution in [2.75, 3.05) is 13.1 Å². The molecule has 1 aromatic rings. The second-order valence-electron chi connectivity index (χ2n) is 9.25. The summed E-state index contributed by atoms with van der Waals surface area (Å²) in [6.45, 7) is 11.0. The molecular weight excluding hydrogens is 424 g/mol. The minimum absolute atomic E-state index is 0.179. The van der Waals surface area contributed by atoms with Gasteiger partial charge in [-0.25, -0.2) is 4.79 Å². The van der Waals surface area contributed by atoms with E-state index >= 15 is 0 Å². The molecule has 4 N–H and O–H groups in total. The first-order valence-corrected chi connectivity index (χ1v) is 11.3. The van der Waals surface area contributed by atoms with Gasteiger partial charge in [-0.1, -0.05) is 44.2 Å². The van der Waals surface area contributed by atoms with Crippen LogP contribution in [0.5, 0.6) is 0 Å². The van der Waals surface area contributed by atoms with Gasteiger partial charge in [0.05, 0.1) is 0 Å². The van der Waals surface area contributed by atoms with Crippen molar-refractivity contribution >= 4 is 23.8 Å². The Hall–Kier alpha value is -3.10. The third-order valence-corrected chi connectivity index (χ3v) is 4.42. The first kappa shape index (κ1) is 27.9. The quantitative estimate of drug-likeness (QED) is 0.400. The van der Waals surface area contributed by atoms with E-state index < -0.39 is 35.6 Å². The molecule has 33 heavy (non-hydrogen) atoms. The van der Waals surface area contributed by atoms with Crippen LogP contribution < -0.4 is 21.3 Å². The maximum Gasteiger partial charge on any atom is 0.408 e. The van der Waals surface area contributed by atoms with Gasteiger partial charge in [-0.3, -0.25) is 14.4 Å². The van der Waals surface area contributed by atoms with Crippen LogP contribution in [0.15, 0.2) is 30.3 Å². The van der Waals surface area contributed by atoms with E-state index in [1.54, 1.807) is 20.8 Å². The van der Waals surface area contributed by atoms with Crippen molar-refractivity contribution in [3.8, 4) is 0 Å². The molecule has 0 unspecified atom stereocenters. The van der Waals surface area contributed by atoms with Crippen LogP contribution in [0.3, 0.4) is 0 Å². The number of ether oxygens (including phenoxy) is 1. The first-order chi connectivity index (χ1) is 15.4. The molecule has 0 saturated carbocycles. The van der Waals surface area contributed by atoms with Gasteiger partial charge in [0.2, 0.25) is 17.7 Å². The Morgan fingerprint density at radius 1 is 0.909 bits per heavy atom. The standard InChI is InChI=1S/C24H38N4O5/c1-7-25-21(30)18(13-16(2)3)28-22(31)19(14-17-11-9-8-10-12-17)27-20(29)15-26-23(32)33-24(4,5)6/h8-12,16,18-19H,7,13-15H2,1-6H3,(H,25,30)(H,26,32)(H,27,29)(H,28,31)/t18-,19-/m0/s1. The minimum Gasteiger partial charge on any atom is -0.444 e. The van der Waals surface area contributed by atoms with E-state index in [0.29, 0.717) is 13.0 Å². The van der Waals surface area contributed by atoms with Crippen molar-refractivity contribution in [1.29, 1.82) is 0 Å². The third kappa shape index (κ3) is 11.9. The van der Waals surface area contributed by atoms with Crippen LogP contribution in [-0.4, -0.2) is 54.6 Å². The topological polar surface area (TPSA) is 126 Å². The van der Waals surface area contributed by atoms with E-state index in [2.05, 4.69) is 21.3 Å². The van der Waals surface area contributed by atoms with Crippen LogP contribution >= 0.6 is 0 Å². The summed E-state index contributed by atoms with van der Waals surface area (Å²) >= 11 is 0. The number of alkyl carbamates (subject to hydrolysis) is 1. The Morgan fingerprint density at radius 2 is 1.55 bits per heavy atom. The predicted octanol–water partition coefficient (Wildman–Crippen LogP) is 1.91. The summed E-state index contributed by atoms with van der Waals surface area (Å²) in [5.74, 6) is -1.11. The first-order valence-electron chi connectivity index (χ1n) is 11.3. The smallest absolute Gasteiger partial charge is 0.408 e. The van der Waals surface area contributed by atoms with Crippen molar-refractivity contribution in [2.24, 2.45) is 5.92 Å². The number of rotatable bonds is 11. The van der Waals surface area contributed by atoms with Crippen molar-refractivity contribution < 1.29 is 23.9 Å². The maximum absolute atomic E-state index is 13.1. The summed E-state index contributed by atoms with van der Waals surface area (Å²) in [5, 5.41) is 10.6. The molecule has 0 aliphatic carbocycles. The Bertz CT molecular complexity index is 790. The van der Waals surface area contributed by atoms with E-state index in [9.17, 15) is 19.2 Å². The molecule has 0 heterocycles. The Kier molecular flexibility index (Phi) is 11.4. The monoisotopic (exact) mass is 462 g/mol. The van der Waals surface area contributed by atoms with E-state index in [0.717, 1.165) is 5.56 Å². The van der Waals surface area contributed by atoms with Crippen molar-refractivity contribution in [2.45, 2.75) is 72.1 Å². The maximum atomic E-state index is 13.1. The van der Waals surface area contributed by atoms with Gasteiger partial charge < -0.3 is 26.0 Å². The molecule has 0 spiro atoms. The highest BCUT2D eigenvalue weighted by molar-refractivity contribution is 5.93. The predicted molar refractivity (Wildman–Crippen MR) is 126 cm³/mol. The number of hydrogen-bond donors (Lipinski definition) is 4. The fourth-order valence-electron chi connectivity index (χ4n) is 3.04. The lowest BCUT2D eigenvalue weighted by molar-refractivity contribution is -0.132. The zero-order chi connectivity index (χ0) is 25.0.